The minimum absolute atomic E-state index is 0.0567. The van der Waals surface area contributed by atoms with Crippen molar-refractivity contribution < 1.29 is 13.6 Å². The smallest absolute Gasteiger partial charge is 0.251 e. The van der Waals surface area contributed by atoms with Crippen LogP contribution in [0.5, 0.6) is 0 Å². The Hall–Kier alpha value is -3.32. The number of benzene rings is 2. The van der Waals surface area contributed by atoms with Crippen molar-refractivity contribution >= 4 is 23.2 Å². The minimum Gasteiger partial charge on any atom is -0.348 e. The van der Waals surface area contributed by atoms with Gasteiger partial charge in [0.05, 0.1) is 0 Å². The van der Waals surface area contributed by atoms with E-state index in [4.69, 9.17) is 11.6 Å². The summed E-state index contributed by atoms with van der Waals surface area (Å²) in [4.78, 5) is 12.4. The number of fused-ring (bicyclic) bond motifs is 1. The second kappa shape index (κ2) is 7.36. The molecule has 28 heavy (non-hydrogen) atoms. The Kier molecular flexibility index (Phi) is 4.75. The lowest BCUT2D eigenvalue weighted by Gasteiger charge is -2.07. The van der Waals surface area contributed by atoms with Gasteiger partial charge in [0, 0.05) is 40.5 Å². The molecule has 4 aromatic rings. The van der Waals surface area contributed by atoms with Crippen molar-refractivity contribution in [2.75, 3.05) is 0 Å². The van der Waals surface area contributed by atoms with Crippen molar-refractivity contribution in [3.05, 3.63) is 88.6 Å². The van der Waals surface area contributed by atoms with E-state index in [9.17, 15) is 13.6 Å². The maximum absolute atomic E-state index is 13.7. The fraction of sp³-hybridized carbons (Fsp3) is 0.0500. The highest BCUT2D eigenvalue weighted by molar-refractivity contribution is 6.30. The molecule has 2 aromatic carbocycles. The van der Waals surface area contributed by atoms with Crippen LogP contribution in [0.4, 0.5) is 8.78 Å². The molecular formula is C20H13ClF2N4O. The number of hydrogen-bond donors (Lipinski definition) is 1. The predicted octanol–water partition coefficient (Wildman–Crippen LogP) is 4.26. The van der Waals surface area contributed by atoms with Gasteiger partial charge in [0.15, 0.2) is 11.5 Å². The molecule has 0 aliphatic rings. The summed E-state index contributed by atoms with van der Waals surface area (Å²) in [5.74, 6) is -1.16. The Balaban J connectivity index is 1.54. The Labute approximate surface area is 163 Å². The van der Waals surface area contributed by atoms with E-state index in [1.54, 1.807) is 34.9 Å². The molecule has 2 heterocycles. The van der Waals surface area contributed by atoms with Gasteiger partial charge >= 0.3 is 0 Å². The number of carbonyl (C=O) groups is 1. The van der Waals surface area contributed by atoms with Gasteiger partial charge in [-0.15, -0.1) is 10.2 Å². The minimum atomic E-state index is -0.708. The molecule has 0 aliphatic carbocycles. The zero-order chi connectivity index (χ0) is 19.7. The Bertz CT molecular complexity index is 1170. The molecule has 4 rings (SSSR count). The monoisotopic (exact) mass is 398 g/mol. The second-order valence-electron chi connectivity index (χ2n) is 6.09. The average molecular weight is 399 g/mol. The molecule has 0 saturated heterocycles. The SMILES string of the molecule is O=C(NCc1ccc(F)cc1F)c1ccn2c(-c3ccc(Cl)cc3)nnc2c1. The summed E-state index contributed by atoms with van der Waals surface area (Å²) in [5.41, 5.74) is 1.87. The quantitative estimate of drug-likeness (QED) is 0.559. The first-order valence-electron chi connectivity index (χ1n) is 8.34. The van der Waals surface area contributed by atoms with E-state index in [0.717, 1.165) is 17.7 Å². The molecule has 0 unspecified atom stereocenters. The lowest BCUT2D eigenvalue weighted by Crippen LogP contribution is -2.23. The molecule has 0 fully saturated rings. The Morgan fingerprint density at radius 1 is 1.04 bits per heavy atom. The zero-order valence-corrected chi connectivity index (χ0v) is 15.1. The number of nitrogens with one attached hydrogen (secondary N) is 1. The van der Waals surface area contributed by atoms with Crippen molar-refractivity contribution in [2.45, 2.75) is 6.54 Å². The van der Waals surface area contributed by atoms with E-state index in [1.807, 2.05) is 12.1 Å². The third-order valence-corrected chi connectivity index (χ3v) is 4.48. The van der Waals surface area contributed by atoms with Crippen LogP contribution in [0, 0.1) is 11.6 Å². The molecule has 0 atom stereocenters. The Morgan fingerprint density at radius 3 is 2.57 bits per heavy atom. The summed E-state index contributed by atoms with van der Waals surface area (Å²) in [7, 11) is 0. The van der Waals surface area contributed by atoms with Crippen molar-refractivity contribution in [2.24, 2.45) is 0 Å². The summed E-state index contributed by atoms with van der Waals surface area (Å²) < 4.78 is 28.4. The van der Waals surface area contributed by atoms with Crippen LogP contribution < -0.4 is 5.32 Å². The molecule has 2 aromatic heterocycles. The van der Waals surface area contributed by atoms with E-state index in [1.165, 1.54) is 6.07 Å². The van der Waals surface area contributed by atoms with Crippen molar-refractivity contribution in [3.8, 4) is 11.4 Å². The van der Waals surface area contributed by atoms with Gasteiger partial charge in [-0.3, -0.25) is 9.20 Å². The van der Waals surface area contributed by atoms with Crippen LogP contribution in [0.25, 0.3) is 17.0 Å². The molecule has 1 N–H and O–H groups in total. The average Bonchev–Trinajstić information content (AvgIpc) is 3.11. The van der Waals surface area contributed by atoms with Crippen LogP contribution in [0.2, 0.25) is 5.02 Å². The van der Waals surface area contributed by atoms with Crippen LogP contribution in [0.15, 0.2) is 60.8 Å². The number of aromatic nitrogens is 3. The number of carbonyl (C=O) groups excluding carboxylic acids is 1. The fourth-order valence-electron chi connectivity index (χ4n) is 2.77. The van der Waals surface area contributed by atoms with Gasteiger partial charge in [-0.2, -0.15) is 0 Å². The van der Waals surface area contributed by atoms with Gasteiger partial charge in [0.2, 0.25) is 0 Å². The molecule has 0 spiro atoms. The number of hydrogen-bond acceptors (Lipinski definition) is 3. The normalized spacial score (nSPS) is 11.0. The highest BCUT2D eigenvalue weighted by Crippen LogP contribution is 2.21. The number of halogens is 3. The van der Waals surface area contributed by atoms with Crippen LogP contribution in [-0.4, -0.2) is 20.5 Å². The standard InChI is InChI=1S/C20H13ClF2N4O/c21-15-4-1-12(2-5-15)19-26-25-18-9-13(7-8-27(18)19)20(28)24-11-14-3-6-16(22)10-17(14)23/h1-10H,11H2,(H,24,28). The number of amides is 1. The van der Waals surface area contributed by atoms with Crippen molar-refractivity contribution in [3.63, 3.8) is 0 Å². The summed E-state index contributed by atoms with van der Waals surface area (Å²) >= 11 is 5.91. The molecule has 0 aliphatic heterocycles. The molecule has 5 nitrogen and oxygen atoms in total. The summed E-state index contributed by atoms with van der Waals surface area (Å²) in [6.07, 6.45) is 1.69. The van der Waals surface area contributed by atoms with Crippen LogP contribution in [0.3, 0.4) is 0 Å². The number of rotatable bonds is 4. The van der Waals surface area contributed by atoms with Gasteiger partial charge in [-0.25, -0.2) is 8.78 Å². The third kappa shape index (κ3) is 3.57. The first kappa shape index (κ1) is 18.1. The van der Waals surface area contributed by atoms with E-state index in [-0.39, 0.29) is 12.1 Å². The van der Waals surface area contributed by atoms with Crippen molar-refractivity contribution in [1.82, 2.24) is 19.9 Å². The fourth-order valence-corrected chi connectivity index (χ4v) is 2.90. The largest absolute Gasteiger partial charge is 0.348 e. The van der Waals surface area contributed by atoms with Crippen LogP contribution in [-0.2, 0) is 6.54 Å². The highest BCUT2D eigenvalue weighted by atomic mass is 35.5. The van der Waals surface area contributed by atoms with Crippen LogP contribution in [0.1, 0.15) is 15.9 Å². The highest BCUT2D eigenvalue weighted by Gasteiger charge is 2.12. The van der Waals surface area contributed by atoms with Crippen molar-refractivity contribution in [1.29, 1.82) is 0 Å². The second-order valence-corrected chi connectivity index (χ2v) is 6.53. The van der Waals surface area contributed by atoms with Gasteiger partial charge in [0.25, 0.3) is 5.91 Å². The summed E-state index contributed by atoms with van der Waals surface area (Å²) in [6, 6.07) is 13.6. The maximum atomic E-state index is 13.7. The molecule has 8 heteroatoms. The zero-order valence-electron chi connectivity index (χ0n) is 14.4. The van der Waals surface area contributed by atoms with E-state index >= 15 is 0 Å². The van der Waals surface area contributed by atoms with E-state index < -0.39 is 17.5 Å². The summed E-state index contributed by atoms with van der Waals surface area (Å²) in [6.45, 7) is -0.0567. The number of nitrogens with zero attached hydrogens (tertiary/aromatic N) is 3. The molecule has 1 amide bonds. The predicted molar refractivity (Wildman–Crippen MR) is 101 cm³/mol. The summed E-state index contributed by atoms with van der Waals surface area (Å²) in [5, 5.41) is 11.5. The third-order valence-electron chi connectivity index (χ3n) is 4.23. The van der Waals surface area contributed by atoms with Gasteiger partial charge in [0.1, 0.15) is 11.6 Å². The molecule has 0 bridgehead atoms. The molecule has 0 radical (unpaired) electrons. The van der Waals surface area contributed by atoms with Gasteiger partial charge in [-0.1, -0.05) is 17.7 Å². The number of pyridine rings is 1. The van der Waals surface area contributed by atoms with Crippen LogP contribution >= 0.6 is 11.6 Å². The topological polar surface area (TPSA) is 59.3 Å². The molecule has 140 valence electrons. The maximum Gasteiger partial charge on any atom is 0.251 e. The lowest BCUT2D eigenvalue weighted by molar-refractivity contribution is 0.0950. The molecular weight excluding hydrogens is 386 g/mol. The first-order chi connectivity index (χ1) is 13.5. The van der Waals surface area contributed by atoms with Gasteiger partial charge < -0.3 is 5.32 Å². The molecule has 0 saturated carbocycles. The Morgan fingerprint density at radius 2 is 1.82 bits per heavy atom. The van der Waals surface area contributed by atoms with E-state index in [0.29, 0.717) is 22.1 Å². The van der Waals surface area contributed by atoms with Gasteiger partial charge in [-0.05, 0) is 42.5 Å². The lowest BCUT2D eigenvalue weighted by atomic mass is 10.2. The first-order valence-corrected chi connectivity index (χ1v) is 8.72. The van der Waals surface area contributed by atoms with E-state index in [2.05, 4.69) is 15.5 Å².